The van der Waals surface area contributed by atoms with Gasteiger partial charge in [0.25, 0.3) is 5.91 Å². The van der Waals surface area contributed by atoms with Gasteiger partial charge in [-0.05, 0) is 54.8 Å². The van der Waals surface area contributed by atoms with E-state index in [2.05, 4.69) is 5.32 Å². The van der Waals surface area contributed by atoms with E-state index in [0.717, 1.165) is 13.8 Å². The molecule has 4 aromatic carbocycles. The van der Waals surface area contributed by atoms with Gasteiger partial charge < -0.3 is 44.3 Å². The number of hydrogen-bond donors (Lipinski definition) is 4. The van der Waals surface area contributed by atoms with Crippen LogP contribution < -0.4 is 5.32 Å². The smallest absolute Gasteiger partial charge is 0.338 e. The standard InChI is InChI=1S/C54H55NO15/c1-29-37(68-50(64)43(60)41(32-16-10-7-11-17-32)55-48(62)35-24-22-34(23-25-35)42(59)33-18-12-8-13-19-33)27-54(65)47(69-49(63)36-20-14-9-15-21-36)45-52(6,38(58)26-39-53(45,28-66-39)70-31(3)57)46(61)44(67-30(2)56)40(29)51(54,4)5/h7-25,37-39,41,43-45,47,58,60,65H,26-28H2,1-6H3,(H,55,62)/t37-,38-,39+,41-,43+,44+,45-,47-,52+,53-,54+/m0/s1. The van der Waals surface area contributed by atoms with E-state index in [1.165, 1.54) is 50.2 Å². The van der Waals surface area contributed by atoms with Gasteiger partial charge in [-0.3, -0.25) is 24.0 Å². The van der Waals surface area contributed by atoms with Gasteiger partial charge >= 0.3 is 23.9 Å². The second-order valence-electron chi connectivity index (χ2n) is 19.3. The molecule has 4 N–H and O–H groups in total. The first-order valence-corrected chi connectivity index (χ1v) is 23.0. The Morgan fingerprint density at radius 3 is 1.86 bits per heavy atom. The quantitative estimate of drug-likeness (QED) is 0.0635. The number of aliphatic hydroxyl groups excluding tert-OH is 2. The molecule has 1 saturated heterocycles. The Kier molecular flexibility index (Phi) is 13.3. The van der Waals surface area contributed by atoms with Crippen LogP contribution in [0.25, 0.3) is 0 Å². The van der Waals surface area contributed by atoms with E-state index in [1.807, 2.05) is 0 Å². The predicted octanol–water partition coefficient (Wildman–Crippen LogP) is 4.97. The molecule has 3 aliphatic carbocycles. The van der Waals surface area contributed by atoms with Crippen molar-refractivity contribution in [1.29, 1.82) is 0 Å². The summed E-state index contributed by atoms with van der Waals surface area (Å²) >= 11 is 0. The molecular weight excluding hydrogens is 903 g/mol. The number of aliphatic hydroxyl groups is 3. The van der Waals surface area contributed by atoms with Gasteiger partial charge in [-0.25, -0.2) is 9.59 Å². The lowest BCUT2D eigenvalue weighted by molar-refractivity contribution is -0.346. The number of hydrogen-bond acceptors (Lipinski definition) is 15. The fourth-order valence-corrected chi connectivity index (χ4v) is 11.1. The highest BCUT2D eigenvalue weighted by atomic mass is 16.6. The average Bonchev–Trinajstić information content (AvgIpc) is 3.34. The minimum atomic E-state index is -2.43. The fourth-order valence-electron chi connectivity index (χ4n) is 11.1. The molecule has 11 atom stereocenters. The van der Waals surface area contributed by atoms with Crippen LogP contribution >= 0.6 is 0 Å². The highest BCUT2D eigenvalue weighted by Crippen LogP contribution is 2.64. The van der Waals surface area contributed by atoms with Crippen molar-refractivity contribution in [2.24, 2.45) is 16.7 Å². The van der Waals surface area contributed by atoms with E-state index in [0.29, 0.717) is 16.7 Å². The zero-order chi connectivity index (χ0) is 50.5. The summed E-state index contributed by atoms with van der Waals surface area (Å²) in [6.45, 7) is 7.88. The number of carbonyl (C=O) groups excluding carboxylic acids is 7. The number of carbonyl (C=O) groups is 7. The third-order valence-electron chi connectivity index (χ3n) is 14.9. The van der Waals surface area contributed by atoms with Crippen molar-refractivity contribution >= 4 is 41.4 Å². The molecule has 3 fully saturated rings. The molecule has 0 radical (unpaired) electrons. The number of amides is 1. The largest absolute Gasteiger partial charge is 0.456 e. The van der Waals surface area contributed by atoms with Crippen LogP contribution in [-0.2, 0) is 42.9 Å². The highest BCUT2D eigenvalue weighted by Gasteiger charge is 2.78. The molecule has 4 aliphatic rings. The van der Waals surface area contributed by atoms with E-state index < -0.39 is 113 Å². The summed E-state index contributed by atoms with van der Waals surface area (Å²) in [5.74, 6) is -7.38. The Balaban J connectivity index is 1.20. The van der Waals surface area contributed by atoms with E-state index in [1.54, 1.807) is 92.7 Å². The predicted molar refractivity (Wildman–Crippen MR) is 248 cm³/mol. The highest BCUT2D eigenvalue weighted by molar-refractivity contribution is 6.09. The molecule has 4 aromatic rings. The summed E-state index contributed by atoms with van der Waals surface area (Å²) in [5, 5.41) is 40.6. The third-order valence-corrected chi connectivity index (χ3v) is 14.9. The molecule has 1 amide bonds. The number of fused-ring (bicyclic) bond motifs is 5. The number of benzene rings is 4. The van der Waals surface area contributed by atoms with Crippen LogP contribution in [-0.4, -0.2) is 111 Å². The summed E-state index contributed by atoms with van der Waals surface area (Å²) in [7, 11) is 0. The van der Waals surface area contributed by atoms with E-state index in [-0.39, 0.29) is 41.1 Å². The first-order valence-electron chi connectivity index (χ1n) is 23.0. The van der Waals surface area contributed by atoms with Crippen molar-refractivity contribution < 1.29 is 72.6 Å². The van der Waals surface area contributed by atoms with Gasteiger partial charge in [0.05, 0.1) is 35.6 Å². The van der Waals surface area contributed by atoms with Crippen molar-refractivity contribution in [2.75, 3.05) is 6.61 Å². The Hall–Kier alpha value is -6.85. The van der Waals surface area contributed by atoms with Crippen LogP contribution in [0.1, 0.15) is 103 Å². The Morgan fingerprint density at radius 1 is 0.743 bits per heavy atom. The number of ketones is 2. The molecule has 1 aliphatic heterocycles. The maximum Gasteiger partial charge on any atom is 0.338 e. The molecular formula is C54H55NO15. The van der Waals surface area contributed by atoms with Crippen molar-refractivity contribution in [3.63, 3.8) is 0 Å². The molecule has 16 heteroatoms. The summed E-state index contributed by atoms with van der Waals surface area (Å²) in [5.41, 5.74) is -6.67. The van der Waals surface area contributed by atoms with Gasteiger partial charge in [0.1, 0.15) is 23.9 Å². The van der Waals surface area contributed by atoms with Gasteiger partial charge in [0.2, 0.25) is 0 Å². The van der Waals surface area contributed by atoms with Crippen LogP contribution in [0, 0.1) is 16.7 Å². The summed E-state index contributed by atoms with van der Waals surface area (Å²) < 4.78 is 30.4. The van der Waals surface area contributed by atoms with Crippen molar-refractivity contribution in [3.8, 4) is 0 Å². The van der Waals surface area contributed by atoms with Gasteiger partial charge in [-0.2, -0.15) is 0 Å². The summed E-state index contributed by atoms with van der Waals surface area (Å²) in [6.07, 6.45) is -10.8. The number of esters is 4. The van der Waals surface area contributed by atoms with Crippen LogP contribution in [0.5, 0.6) is 0 Å². The Bertz CT molecular complexity index is 2740. The second-order valence-corrected chi connectivity index (χ2v) is 19.3. The molecule has 2 bridgehead atoms. The molecule has 0 unspecified atom stereocenters. The number of rotatable bonds is 12. The minimum absolute atomic E-state index is 0.0306. The van der Waals surface area contributed by atoms with Crippen LogP contribution in [0.4, 0.5) is 0 Å². The normalized spacial score (nSPS) is 29.5. The number of nitrogens with one attached hydrogen (secondary N) is 1. The van der Waals surface area contributed by atoms with E-state index >= 15 is 4.79 Å². The SMILES string of the molecule is CC(=O)O[C@H]1C(=O)[C@@]2(C)[C@H]([C@H](OC(=O)c3ccccc3)[C@]3(O)C[C@H](OC(=O)[C@H](O)[C@@H](NC(=O)c4ccc(C(=O)c5ccccc5)cc4)c4ccccc4)C(C)=C1C3(C)C)[C@]1(OC(C)=O)CO[C@@H]1C[C@@H]2O. The molecule has 8 rings (SSSR count). The Labute approximate surface area is 403 Å². The van der Waals surface area contributed by atoms with E-state index in [9.17, 15) is 44.1 Å². The zero-order valence-electron chi connectivity index (χ0n) is 39.5. The van der Waals surface area contributed by atoms with Gasteiger partial charge in [-0.1, -0.05) is 105 Å². The van der Waals surface area contributed by atoms with Crippen molar-refractivity contribution in [3.05, 3.63) is 154 Å². The van der Waals surface area contributed by atoms with Gasteiger partial charge in [-0.15, -0.1) is 0 Å². The van der Waals surface area contributed by atoms with Crippen molar-refractivity contribution in [1.82, 2.24) is 5.32 Å². The first kappa shape index (κ1) is 49.6. The van der Waals surface area contributed by atoms with Crippen molar-refractivity contribution in [2.45, 2.75) is 108 Å². The average molecular weight is 958 g/mol. The maximum atomic E-state index is 15.6. The molecule has 70 heavy (non-hydrogen) atoms. The lowest BCUT2D eigenvalue weighted by Gasteiger charge is -2.67. The molecule has 366 valence electrons. The topological polar surface area (TPSA) is 238 Å². The van der Waals surface area contributed by atoms with Crippen LogP contribution in [0.2, 0.25) is 0 Å². The maximum absolute atomic E-state index is 15.6. The molecule has 0 aromatic heterocycles. The lowest BCUT2D eigenvalue weighted by Crippen LogP contribution is -2.82. The second kappa shape index (κ2) is 18.8. The fraction of sp³-hybridized carbons (Fsp3) is 0.389. The number of Topliss-reactive ketones (excluding diaryl/α,β-unsaturated/α-hetero) is 1. The monoisotopic (exact) mass is 957 g/mol. The zero-order valence-corrected chi connectivity index (χ0v) is 39.5. The Morgan fingerprint density at radius 2 is 1.30 bits per heavy atom. The lowest BCUT2D eigenvalue weighted by atomic mass is 9.44. The van der Waals surface area contributed by atoms with Crippen LogP contribution in [0.3, 0.4) is 0 Å². The molecule has 2 saturated carbocycles. The molecule has 0 spiro atoms. The molecule has 16 nitrogen and oxygen atoms in total. The third kappa shape index (κ3) is 8.41. The van der Waals surface area contributed by atoms with E-state index in [4.69, 9.17) is 23.7 Å². The number of ether oxygens (including phenoxy) is 5. The summed E-state index contributed by atoms with van der Waals surface area (Å²) in [6, 6.07) is 28.9. The van der Waals surface area contributed by atoms with Gasteiger partial charge in [0.15, 0.2) is 29.4 Å². The minimum Gasteiger partial charge on any atom is -0.456 e. The first-order chi connectivity index (χ1) is 33.1. The van der Waals surface area contributed by atoms with Crippen LogP contribution in [0.15, 0.2) is 126 Å². The summed E-state index contributed by atoms with van der Waals surface area (Å²) in [4.78, 5) is 97.6. The van der Waals surface area contributed by atoms with Gasteiger partial charge in [0, 0.05) is 48.8 Å². The molecule has 1 heterocycles.